The number of benzene rings is 4. The molecule has 0 saturated heterocycles. The highest BCUT2D eigenvalue weighted by Crippen LogP contribution is 2.33. The first-order valence-corrected chi connectivity index (χ1v) is 10.9. The molecule has 4 heteroatoms. The summed E-state index contributed by atoms with van der Waals surface area (Å²) in [6.45, 7) is 0. The van der Waals surface area contributed by atoms with Crippen LogP contribution >= 0.6 is 22.6 Å². The lowest BCUT2D eigenvalue weighted by molar-refractivity contribution is 1.12. The summed E-state index contributed by atoms with van der Waals surface area (Å²) in [6.07, 6.45) is 0. The molecule has 0 N–H and O–H groups in total. The van der Waals surface area contributed by atoms with Crippen LogP contribution in [-0.4, -0.2) is 14.6 Å². The lowest BCUT2D eigenvalue weighted by atomic mass is 10.0. The summed E-state index contributed by atoms with van der Waals surface area (Å²) in [7, 11) is 0. The van der Waals surface area contributed by atoms with Gasteiger partial charge in [0.1, 0.15) is 0 Å². The largest absolute Gasteiger partial charge is 0.274 e. The number of aromatic nitrogens is 3. The highest BCUT2D eigenvalue weighted by Gasteiger charge is 2.16. The lowest BCUT2D eigenvalue weighted by Crippen LogP contribution is -1.95. The van der Waals surface area contributed by atoms with Crippen LogP contribution < -0.4 is 0 Å². The summed E-state index contributed by atoms with van der Waals surface area (Å²) in [5, 5.41) is 12.8. The molecule has 0 fully saturated rings. The van der Waals surface area contributed by atoms with Crippen LogP contribution in [0.2, 0.25) is 0 Å². The van der Waals surface area contributed by atoms with Gasteiger partial charge in [0.15, 0.2) is 11.5 Å². The van der Waals surface area contributed by atoms with Gasteiger partial charge >= 0.3 is 0 Å². The fraction of sp³-hybridized carbons (Fsp3) is 0. The predicted molar refractivity (Wildman–Crippen MR) is 132 cm³/mol. The summed E-state index contributed by atoms with van der Waals surface area (Å²) in [4.78, 5) is 0. The number of fused-ring (bicyclic) bond motifs is 6. The van der Waals surface area contributed by atoms with Crippen molar-refractivity contribution >= 4 is 49.9 Å². The summed E-state index contributed by atoms with van der Waals surface area (Å²) in [6, 6.07) is 33.9. The van der Waals surface area contributed by atoms with Crippen LogP contribution in [0.15, 0.2) is 97.1 Å². The first kappa shape index (κ1) is 17.6. The van der Waals surface area contributed by atoms with Crippen LogP contribution in [0.1, 0.15) is 0 Å². The Bertz CT molecular complexity index is 1550. The summed E-state index contributed by atoms with van der Waals surface area (Å²) >= 11 is 2.37. The molecule has 142 valence electrons. The molecule has 4 aromatic carbocycles. The van der Waals surface area contributed by atoms with Crippen molar-refractivity contribution in [2.45, 2.75) is 0 Å². The van der Waals surface area contributed by atoms with Crippen LogP contribution in [0.5, 0.6) is 0 Å². The Labute approximate surface area is 187 Å². The number of hydrogen-bond donors (Lipinski definition) is 0. The maximum absolute atomic E-state index is 4.63. The van der Waals surface area contributed by atoms with Crippen molar-refractivity contribution in [3.63, 3.8) is 0 Å². The summed E-state index contributed by atoms with van der Waals surface area (Å²) in [5.41, 5.74) is 5.43. The van der Waals surface area contributed by atoms with Crippen LogP contribution in [0.25, 0.3) is 49.8 Å². The molecule has 0 unspecified atom stereocenters. The molecular formula is C26H16IN3. The van der Waals surface area contributed by atoms with Crippen molar-refractivity contribution in [1.29, 1.82) is 0 Å². The maximum atomic E-state index is 4.63. The minimum atomic E-state index is 0.861. The third-order valence-electron chi connectivity index (χ3n) is 5.55. The smallest absolute Gasteiger partial charge is 0.169 e. The van der Waals surface area contributed by atoms with E-state index in [0.29, 0.717) is 0 Å². The Hall–Kier alpha value is -3.25. The van der Waals surface area contributed by atoms with Gasteiger partial charge in [0.25, 0.3) is 0 Å². The Morgan fingerprint density at radius 2 is 1.30 bits per heavy atom. The van der Waals surface area contributed by atoms with Crippen molar-refractivity contribution in [1.82, 2.24) is 14.6 Å². The minimum absolute atomic E-state index is 0.861. The Balaban J connectivity index is 1.69. The highest BCUT2D eigenvalue weighted by atomic mass is 127. The fourth-order valence-corrected chi connectivity index (χ4v) is 4.67. The van der Waals surface area contributed by atoms with E-state index in [1.807, 2.05) is 6.07 Å². The van der Waals surface area contributed by atoms with Gasteiger partial charge in [-0.25, -0.2) is 0 Å². The van der Waals surface area contributed by atoms with E-state index in [9.17, 15) is 0 Å². The lowest BCUT2D eigenvalue weighted by Gasteiger charge is -2.10. The molecule has 0 aliphatic heterocycles. The van der Waals surface area contributed by atoms with Gasteiger partial charge in [-0.05, 0) is 63.4 Å². The van der Waals surface area contributed by atoms with E-state index >= 15 is 0 Å². The molecule has 0 aliphatic rings. The van der Waals surface area contributed by atoms with Gasteiger partial charge in [-0.3, -0.25) is 4.40 Å². The molecule has 0 atom stereocenters. The van der Waals surface area contributed by atoms with Crippen molar-refractivity contribution in [2.24, 2.45) is 0 Å². The summed E-state index contributed by atoms with van der Waals surface area (Å²) < 4.78 is 3.41. The normalized spacial score (nSPS) is 11.5. The highest BCUT2D eigenvalue weighted by molar-refractivity contribution is 14.1. The van der Waals surface area contributed by atoms with E-state index in [-0.39, 0.29) is 0 Å². The Morgan fingerprint density at radius 1 is 0.567 bits per heavy atom. The molecule has 3 nitrogen and oxygen atoms in total. The molecule has 0 spiro atoms. The average Bonchev–Trinajstić information content (AvgIpc) is 3.25. The first-order valence-electron chi connectivity index (χ1n) is 9.80. The zero-order valence-electron chi connectivity index (χ0n) is 16.0. The number of hydrogen-bond acceptors (Lipinski definition) is 2. The van der Waals surface area contributed by atoms with Crippen molar-refractivity contribution in [2.75, 3.05) is 0 Å². The second kappa shape index (κ2) is 6.92. The van der Waals surface area contributed by atoms with E-state index < -0.39 is 0 Å². The molecule has 0 radical (unpaired) electrons. The molecule has 2 heterocycles. The zero-order valence-corrected chi connectivity index (χ0v) is 18.1. The fourth-order valence-electron chi connectivity index (χ4n) is 4.17. The van der Waals surface area contributed by atoms with Crippen LogP contribution in [-0.2, 0) is 0 Å². The van der Waals surface area contributed by atoms with E-state index in [4.69, 9.17) is 0 Å². The quantitative estimate of drug-likeness (QED) is 0.191. The number of pyridine rings is 1. The van der Waals surface area contributed by atoms with Crippen molar-refractivity contribution < 1.29 is 0 Å². The monoisotopic (exact) mass is 497 g/mol. The molecule has 0 bridgehead atoms. The zero-order chi connectivity index (χ0) is 20.1. The van der Waals surface area contributed by atoms with Crippen molar-refractivity contribution in [3.05, 3.63) is 101 Å². The van der Waals surface area contributed by atoms with E-state index in [0.717, 1.165) is 27.9 Å². The third-order valence-corrected chi connectivity index (χ3v) is 6.22. The molecule has 0 saturated carbocycles. The van der Waals surface area contributed by atoms with E-state index in [1.54, 1.807) is 0 Å². The number of nitrogens with zero attached hydrogens (tertiary/aromatic N) is 3. The first-order chi connectivity index (χ1) is 14.8. The van der Waals surface area contributed by atoms with Gasteiger partial charge in [-0.1, -0.05) is 72.8 Å². The molecule has 6 aromatic rings. The Morgan fingerprint density at radius 3 is 2.17 bits per heavy atom. The van der Waals surface area contributed by atoms with Gasteiger partial charge in [-0.2, -0.15) is 0 Å². The van der Waals surface area contributed by atoms with Gasteiger partial charge in [0.2, 0.25) is 0 Å². The van der Waals surface area contributed by atoms with Gasteiger partial charge in [0.05, 0.1) is 5.52 Å². The van der Waals surface area contributed by atoms with Crippen LogP contribution in [0.3, 0.4) is 0 Å². The number of halogens is 1. The molecule has 0 aliphatic carbocycles. The van der Waals surface area contributed by atoms with E-state index in [2.05, 4.69) is 128 Å². The molecule has 0 amide bonds. The van der Waals surface area contributed by atoms with Gasteiger partial charge in [-0.15, -0.1) is 10.2 Å². The Kier molecular flexibility index (Phi) is 4.06. The topological polar surface area (TPSA) is 30.2 Å². The SMILES string of the molecule is Ic1ccc2c(c1)c1ccccc1c1nnc(-c3cccc(-c4ccccc4)c3)n21. The number of rotatable bonds is 2. The van der Waals surface area contributed by atoms with Crippen molar-refractivity contribution in [3.8, 4) is 22.5 Å². The van der Waals surface area contributed by atoms with Crippen LogP contribution in [0, 0.1) is 3.57 Å². The second-order valence-electron chi connectivity index (χ2n) is 7.34. The van der Waals surface area contributed by atoms with E-state index in [1.165, 1.54) is 25.5 Å². The molecule has 30 heavy (non-hydrogen) atoms. The van der Waals surface area contributed by atoms with Gasteiger partial charge in [0, 0.05) is 19.9 Å². The predicted octanol–water partition coefficient (Wildman–Crippen LogP) is 6.97. The van der Waals surface area contributed by atoms with Gasteiger partial charge < -0.3 is 0 Å². The summed E-state index contributed by atoms with van der Waals surface area (Å²) in [5.74, 6) is 0.861. The third kappa shape index (κ3) is 2.71. The average molecular weight is 497 g/mol. The van der Waals surface area contributed by atoms with Crippen LogP contribution in [0.4, 0.5) is 0 Å². The molecule has 2 aromatic heterocycles. The minimum Gasteiger partial charge on any atom is -0.274 e. The molecular weight excluding hydrogens is 481 g/mol. The standard InChI is InChI=1S/C26H16IN3/c27-20-13-14-24-23(16-20)21-11-4-5-12-22(21)26-29-28-25(30(24)26)19-10-6-9-18(15-19)17-7-2-1-3-8-17/h1-16H. The maximum Gasteiger partial charge on any atom is 0.169 e. The second-order valence-corrected chi connectivity index (χ2v) is 8.58. The molecule has 6 rings (SSSR count).